The van der Waals surface area contributed by atoms with Gasteiger partial charge in [0.15, 0.2) is 0 Å². The van der Waals surface area contributed by atoms with Crippen molar-refractivity contribution in [2.24, 2.45) is 5.92 Å². The zero-order valence-electron chi connectivity index (χ0n) is 17.0. The standard InChI is InChI=1S/C24H28N2O3/c1-17-15-26-21(14-24(17,2)19-9-6-10-20(27)13-19)23(29)25(12-11-22(26)28)16-18-7-4-3-5-8-18/h3-10,13,17,21,27H,11-12,14-16H2,1-2H3/t17-,21+,24+/m0/s1. The molecule has 0 aliphatic carbocycles. The molecule has 2 heterocycles. The molecular formula is C24H28N2O3. The molecule has 3 atom stereocenters. The number of benzene rings is 2. The summed E-state index contributed by atoms with van der Waals surface area (Å²) in [6, 6.07) is 16.8. The molecule has 0 spiro atoms. The third-order valence-electron chi connectivity index (χ3n) is 6.79. The topological polar surface area (TPSA) is 60.9 Å². The lowest BCUT2D eigenvalue weighted by molar-refractivity contribution is -0.146. The average molecular weight is 392 g/mol. The molecule has 0 unspecified atom stereocenters. The summed E-state index contributed by atoms with van der Waals surface area (Å²) in [5.74, 6) is 0.493. The van der Waals surface area contributed by atoms with Gasteiger partial charge in [0.1, 0.15) is 11.8 Å². The Hall–Kier alpha value is -2.82. The predicted molar refractivity (Wildman–Crippen MR) is 111 cm³/mol. The Bertz CT molecular complexity index is 913. The van der Waals surface area contributed by atoms with Crippen LogP contribution in [0.3, 0.4) is 0 Å². The van der Waals surface area contributed by atoms with Crippen molar-refractivity contribution in [3.63, 3.8) is 0 Å². The quantitative estimate of drug-likeness (QED) is 0.872. The minimum Gasteiger partial charge on any atom is -0.508 e. The number of hydrogen-bond acceptors (Lipinski definition) is 3. The lowest BCUT2D eigenvalue weighted by Crippen LogP contribution is -2.58. The Morgan fingerprint density at radius 1 is 1.10 bits per heavy atom. The molecule has 4 rings (SSSR count). The zero-order valence-corrected chi connectivity index (χ0v) is 17.0. The van der Waals surface area contributed by atoms with Gasteiger partial charge in [-0.3, -0.25) is 9.59 Å². The molecule has 5 heteroatoms. The van der Waals surface area contributed by atoms with Gasteiger partial charge in [0.2, 0.25) is 11.8 Å². The molecule has 0 bridgehead atoms. The first-order chi connectivity index (χ1) is 13.9. The van der Waals surface area contributed by atoms with Crippen LogP contribution in [0.2, 0.25) is 0 Å². The van der Waals surface area contributed by atoms with Gasteiger partial charge >= 0.3 is 0 Å². The molecule has 2 aliphatic rings. The Balaban J connectivity index is 1.65. The van der Waals surface area contributed by atoms with Gasteiger partial charge in [-0.15, -0.1) is 0 Å². The molecule has 0 aromatic heterocycles. The maximum absolute atomic E-state index is 13.5. The third-order valence-corrected chi connectivity index (χ3v) is 6.79. The normalized spacial score (nSPS) is 27.5. The SMILES string of the molecule is C[C@H]1CN2C(=O)CCN(Cc3ccccc3)C(=O)[C@H]2C[C@@]1(C)c1cccc(O)c1. The average Bonchev–Trinajstić information content (AvgIpc) is 2.82. The maximum atomic E-state index is 13.5. The highest BCUT2D eigenvalue weighted by Crippen LogP contribution is 2.43. The number of phenolic OH excluding ortho intramolecular Hbond substituents is 1. The van der Waals surface area contributed by atoms with Crippen LogP contribution in [0.25, 0.3) is 0 Å². The molecule has 29 heavy (non-hydrogen) atoms. The molecular weight excluding hydrogens is 364 g/mol. The first-order valence-corrected chi connectivity index (χ1v) is 10.3. The van der Waals surface area contributed by atoms with E-state index in [1.807, 2.05) is 47.4 Å². The van der Waals surface area contributed by atoms with Crippen molar-refractivity contribution in [1.29, 1.82) is 0 Å². The van der Waals surface area contributed by atoms with Crippen LogP contribution in [0.15, 0.2) is 54.6 Å². The lowest BCUT2D eigenvalue weighted by atomic mass is 9.65. The summed E-state index contributed by atoms with van der Waals surface area (Å²) >= 11 is 0. The maximum Gasteiger partial charge on any atom is 0.245 e. The molecule has 0 radical (unpaired) electrons. The number of amides is 2. The second kappa shape index (κ2) is 7.54. The van der Waals surface area contributed by atoms with E-state index in [0.29, 0.717) is 32.5 Å². The van der Waals surface area contributed by atoms with Crippen molar-refractivity contribution in [1.82, 2.24) is 9.80 Å². The fraction of sp³-hybridized carbons (Fsp3) is 0.417. The summed E-state index contributed by atoms with van der Waals surface area (Å²) in [4.78, 5) is 30.0. The third kappa shape index (κ3) is 3.61. The highest BCUT2D eigenvalue weighted by atomic mass is 16.3. The second-order valence-corrected chi connectivity index (χ2v) is 8.63. The molecule has 2 aromatic rings. The van der Waals surface area contributed by atoms with Crippen LogP contribution in [0.4, 0.5) is 0 Å². The number of carbonyl (C=O) groups excluding carboxylic acids is 2. The Morgan fingerprint density at radius 2 is 1.86 bits per heavy atom. The van der Waals surface area contributed by atoms with Gasteiger partial charge in [-0.25, -0.2) is 0 Å². The van der Waals surface area contributed by atoms with Crippen LogP contribution >= 0.6 is 0 Å². The van der Waals surface area contributed by atoms with Crippen LogP contribution in [0.5, 0.6) is 5.75 Å². The van der Waals surface area contributed by atoms with Crippen molar-refractivity contribution in [3.05, 3.63) is 65.7 Å². The van der Waals surface area contributed by atoms with Crippen molar-refractivity contribution in [3.8, 4) is 5.75 Å². The number of aromatic hydroxyl groups is 1. The molecule has 0 saturated carbocycles. The van der Waals surface area contributed by atoms with E-state index >= 15 is 0 Å². The number of rotatable bonds is 3. The van der Waals surface area contributed by atoms with Crippen LogP contribution in [0, 0.1) is 5.92 Å². The number of carbonyl (C=O) groups is 2. The molecule has 2 amide bonds. The summed E-state index contributed by atoms with van der Waals surface area (Å²) in [7, 11) is 0. The van der Waals surface area contributed by atoms with Gasteiger partial charge in [-0.2, -0.15) is 0 Å². The van der Waals surface area contributed by atoms with Crippen molar-refractivity contribution in [2.75, 3.05) is 13.1 Å². The minimum absolute atomic E-state index is 0.0259. The highest BCUT2D eigenvalue weighted by Gasteiger charge is 2.48. The molecule has 2 saturated heterocycles. The van der Waals surface area contributed by atoms with E-state index in [4.69, 9.17) is 0 Å². The molecule has 1 N–H and O–H groups in total. The van der Waals surface area contributed by atoms with Gasteiger partial charge in [-0.1, -0.05) is 56.3 Å². The van der Waals surface area contributed by atoms with E-state index < -0.39 is 6.04 Å². The van der Waals surface area contributed by atoms with E-state index in [2.05, 4.69) is 13.8 Å². The van der Waals surface area contributed by atoms with Gasteiger partial charge in [0.05, 0.1) is 0 Å². The Labute approximate surface area is 171 Å². The summed E-state index contributed by atoms with van der Waals surface area (Å²) in [5, 5.41) is 9.98. The summed E-state index contributed by atoms with van der Waals surface area (Å²) in [6.45, 7) is 5.81. The van der Waals surface area contributed by atoms with Gasteiger partial charge < -0.3 is 14.9 Å². The van der Waals surface area contributed by atoms with E-state index in [0.717, 1.165) is 11.1 Å². The van der Waals surface area contributed by atoms with Crippen molar-refractivity contribution < 1.29 is 14.7 Å². The van der Waals surface area contributed by atoms with Gasteiger partial charge in [-0.05, 0) is 41.0 Å². The summed E-state index contributed by atoms with van der Waals surface area (Å²) in [6.07, 6.45) is 0.929. The van der Waals surface area contributed by atoms with Crippen LogP contribution in [0.1, 0.15) is 37.8 Å². The van der Waals surface area contributed by atoms with Crippen molar-refractivity contribution in [2.45, 2.75) is 44.7 Å². The first kappa shape index (κ1) is 19.5. The Kier molecular flexibility index (Phi) is 5.07. The smallest absolute Gasteiger partial charge is 0.245 e. The van der Waals surface area contributed by atoms with E-state index in [1.165, 1.54) is 0 Å². The van der Waals surface area contributed by atoms with Crippen molar-refractivity contribution >= 4 is 11.8 Å². The zero-order chi connectivity index (χ0) is 20.6. The largest absolute Gasteiger partial charge is 0.508 e. The number of phenols is 1. The fourth-order valence-electron chi connectivity index (χ4n) is 4.75. The Morgan fingerprint density at radius 3 is 2.59 bits per heavy atom. The van der Waals surface area contributed by atoms with E-state index in [9.17, 15) is 14.7 Å². The van der Waals surface area contributed by atoms with Gasteiger partial charge in [0, 0.05) is 26.1 Å². The predicted octanol–water partition coefficient (Wildman–Crippen LogP) is 3.32. The molecule has 2 aliphatic heterocycles. The monoisotopic (exact) mass is 392 g/mol. The summed E-state index contributed by atoms with van der Waals surface area (Å²) in [5.41, 5.74) is 1.80. The van der Waals surface area contributed by atoms with Crippen LogP contribution in [-0.2, 0) is 21.5 Å². The lowest BCUT2D eigenvalue weighted by Gasteiger charge is -2.48. The number of nitrogens with zero attached hydrogens (tertiary/aromatic N) is 2. The van der Waals surface area contributed by atoms with Crippen LogP contribution in [-0.4, -0.2) is 45.9 Å². The second-order valence-electron chi connectivity index (χ2n) is 8.63. The van der Waals surface area contributed by atoms with Gasteiger partial charge in [0.25, 0.3) is 0 Å². The van der Waals surface area contributed by atoms with E-state index in [1.54, 1.807) is 17.0 Å². The molecule has 2 aromatic carbocycles. The number of fused-ring (bicyclic) bond motifs is 1. The first-order valence-electron chi connectivity index (χ1n) is 10.3. The molecule has 5 nitrogen and oxygen atoms in total. The summed E-state index contributed by atoms with van der Waals surface area (Å²) < 4.78 is 0. The highest BCUT2D eigenvalue weighted by molar-refractivity contribution is 5.90. The number of piperidine rings is 1. The minimum atomic E-state index is -0.461. The van der Waals surface area contributed by atoms with E-state index in [-0.39, 0.29) is 28.9 Å². The molecule has 152 valence electrons. The number of hydrogen-bond donors (Lipinski definition) is 1. The molecule has 2 fully saturated rings. The van der Waals surface area contributed by atoms with Crippen LogP contribution < -0.4 is 0 Å². The fourth-order valence-corrected chi connectivity index (χ4v) is 4.75.